The van der Waals surface area contributed by atoms with Gasteiger partial charge >= 0.3 is 0 Å². The van der Waals surface area contributed by atoms with Gasteiger partial charge < -0.3 is 4.90 Å². The first-order valence-electron chi connectivity index (χ1n) is 24.4. The Balaban J connectivity index is 0.971. The van der Waals surface area contributed by atoms with Crippen LogP contribution in [-0.4, -0.2) is 4.98 Å². The van der Waals surface area contributed by atoms with Crippen LogP contribution < -0.4 is 4.90 Å². The third kappa shape index (κ3) is 5.85. The van der Waals surface area contributed by atoms with E-state index in [1.165, 1.54) is 96.6 Å². The van der Waals surface area contributed by atoms with Gasteiger partial charge in [0, 0.05) is 59.0 Å². The SMILES string of the molecule is c1ccc(C2(c3ccccc3)c3ccccc3-c3ccc(N(c4ccc(-c5nc6ccccc6c6c5ccc5c7ccccc7sc56)cc4)c4ccc5c6ccccc6c6ccccc6c5c4)cc32)cc1. The summed E-state index contributed by atoms with van der Waals surface area (Å²) in [5.74, 6) is 0. The zero-order valence-electron chi connectivity index (χ0n) is 38.6. The van der Waals surface area contributed by atoms with Crippen LogP contribution in [-0.2, 0) is 5.41 Å². The molecule has 0 N–H and O–H groups in total. The van der Waals surface area contributed by atoms with Gasteiger partial charge in [0.15, 0.2) is 0 Å². The smallest absolute Gasteiger partial charge is 0.0788 e. The molecule has 2 heterocycles. The van der Waals surface area contributed by atoms with E-state index in [4.69, 9.17) is 4.98 Å². The minimum absolute atomic E-state index is 0.541. The molecule has 2 aromatic heterocycles. The Morgan fingerprint density at radius 3 is 1.56 bits per heavy atom. The second kappa shape index (κ2) is 15.6. The summed E-state index contributed by atoms with van der Waals surface area (Å²) in [6, 6.07) is 94.3. The van der Waals surface area contributed by atoms with Gasteiger partial charge in [0.1, 0.15) is 0 Å². The summed E-state index contributed by atoms with van der Waals surface area (Å²) in [4.78, 5) is 7.90. The fourth-order valence-corrected chi connectivity index (χ4v) is 13.5. The topological polar surface area (TPSA) is 16.1 Å². The van der Waals surface area contributed by atoms with E-state index in [1.54, 1.807) is 0 Å². The molecule has 0 amide bonds. The van der Waals surface area contributed by atoms with Crippen molar-refractivity contribution in [3.8, 4) is 22.4 Å². The van der Waals surface area contributed by atoms with Gasteiger partial charge in [0.25, 0.3) is 0 Å². The first kappa shape index (κ1) is 40.0. The molecule has 0 atom stereocenters. The fourth-order valence-electron chi connectivity index (χ4n) is 12.3. The molecule has 330 valence electrons. The molecule has 1 aliphatic carbocycles. The van der Waals surface area contributed by atoms with Crippen LogP contribution in [0.25, 0.3) is 96.5 Å². The molecule has 14 aromatic rings. The Morgan fingerprint density at radius 2 is 0.845 bits per heavy atom. The van der Waals surface area contributed by atoms with Crippen molar-refractivity contribution < 1.29 is 0 Å². The van der Waals surface area contributed by atoms with Gasteiger partial charge in [-0.15, -0.1) is 11.3 Å². The monoisotopic (exact) mass is 918 g/mol. The van der Waals surface area contributed by atoms with Crippen LogP contribution in [0.5, 0.6) is 0 Å². The summed E-state index contributed by atoms with van der Waals surface area (Å²) in [5.41, 5.74) is 13.4. The van der Waals surface area contributed by atoms with Crippen LogP contribution in [0.4, 0.5) is 17.1 Å². The van der Waals surface area contributed by atoms with E-state index in [-0.39, 0.29) is 0 Å². The standard InChI is InChI=1S/C68H42N2S/c1-3-17-44(18-4-1)68(45-19-5-2-6-20-45)61-28-14-11-25-54(61)55-38-36-48(42-62(55)68)70(47-35-37-53-51-23-8-7-21-49(51)50-22-9-10-24-52(50)60(53)41-47)46-33-31-43(32-34-46)66-59-40-39-57-56-26-13-16-30-64(56)71-67(57)65(59)58-27-12-15-29-63(58)69-66/h1-42H. The lowest BCUT2D eigenvalue weighted by Crippen LogP contribution is -2.28. The third-order valence-corrected chi connectivity index (χ3v) is 16.5. The summed E-state index contributed by atoms with van der Waals surface area (Å²) in [7, 11) is 0. The van der Waals surface area contributed by atoms with Crippen LogP contribution in [0.1, 0.15) is 22.3 Å². The molecule has 0 aliphatic heterocycles. The molecule has 0 bridgehead atoms. The lowest BCUT2D eigenvalue weighted by molar-refractivity contribution is 0.768. The zero-order valence-corrected chi connectivity index (χ0v) is 39.4. The van der Waals surface area contributed by atoms with Crippen molar-refractivity contribution in [1.29, 1.82) is 0 Å². The molecule has 0 radical (unpaired) electrons. The number of thiophene rings is 1. The quantitative estimate of drug-likeness (QED) is 0.155. The fraction of sp³-hybridized carbons (Fsp3) is 0.0147. The van der Waals surface area contributed by atoms with E-state index in [0.717, 1.165) is 39.2 Å². The number of para-hydroxylation sites is 1. The lowest BCUT2D eigenvalue weighted by Gasteiger charge is -2.35. The molecule has 0 saturated heterocycles. The van der Waals surface area contributed by atoms with Crippen molar-refractivity contribution in [2.45, 2.75) is 5.41 Å². The molecular formula is C68H42N2S. The number of hydrogen-bond acceptors (Lipinski definition) is 3. The van der Waals surface area contributed by atoms with E-state index in [0.29, 0.717) is 0 Å². The molecule has 71 heavy (non-hydrogen) atoms. The minimum atomic E-state index is -0.541. The zero-order chi connectivity index (χ0) is 46.6. The van der Waals surface area contributed by atoms with Crippen LogP contribution in [0.3, 0.4) is 0 Å². The number of anilines is 3. The Hall–Kier alpha value is -8.89. The normalized spacial score (nSPS) is 12.9. The largest absolute Gasteiger partial charge is 0.310 e. The summed E-state index contributed by atoms with van der Waals surface area (Å²) in [6.45, 7) is 0. The van der Waals surface area contributed by atoms with E-state index < -0.39 is 5.41 Å². The van der Waals surface area contributed by atoms with Gasteiger partial charge in [-0.25, -0.2) is 4.98 Å². The number of aromatic nitrogens is 1. The number of rotatable bonds is 6. The molecule has 0 unspecified atom stereocenters. The van der Waals surface area contributed by atoms with Gasteiger partial charge in [-0.2, -0.15) is 0 Å². The highest BCUT2D eigenvalue weighted by atomic mass is 32.1. The number of pyridine rings is 1. The molecule has 0 spiro atoms. The van der Waals surface area contributed by atoms with Crippen molar-refractivity contribution >= 4 is 103 Å². The molecule has 3 heteroatoms. The number of fused-ring (bicyclic) bond motifs is 16. The Bertz CT molecular complexity index is 4380. The highest BCUT2D eigenvalue weighted by molar-refractivity contribution is 7.26. The van der Waals surface area contributed by atoms with E-state index >= 15 is 0 Å². The Kier molecular flexibility index (Phi) is 8.78. The lowest BCUT2D eigenvalue weighted by atomic mass is 9.67. The first-order chi connectivity index (χ1) is 35.2. The molecular weight excluding hydrogens is 877 g/mol. The molecule has 1 aliphatic rings. The van der Waals surface area contributed by atoms with Crippen LogP contribution in [0.2, 0.25) is 0 Å². The number of benzene rings is 12. The average molecular weight is 919 g/mol. The van der Waals surface area contributed by atoms with Gasteiger partial charge in [-0.1, -0.05) is 206 Å². The highest BCUT2D eigenvalue weighted by Crippen LogP contribution is 2.57. The van der Waals surface area contributed by atoms with Gasteiger partial charge in [-0.05, 0) is 114 Å². The maximum absolute atomic E-state index is 5.44. The minimum Gasteiger partial charge on any atom is -0.310 e. The van der Waals surface area contributed by atoms with Crippen LogP contribution >= 0.6 is 11.3 Å². The molecule has 15 rings (SSSR count). The predicted octanol–water partition coefficient (Wildman–Crippen LogP) is 18.7. The van der Waals surface area contributed by atoms with Crippen molar-refractivity contribution in [2.75, 3.05) is 4.90 Å². The maximum Gasteiger partial charge on any atom is 0.0788 e. The van der Waals surface area contributed by atoms with Gasteiger partial charge in [0.05, 0.1) is 16.6 Å². The van der Waals surface area contributed by atoms with Gasteiger partial charge in [0.2, 0.25) is 0 Å². The van der Waals surface area contributed by atoms with Crippen molar-refractivity contribution in [2.24, 2.45) is 0 Å². The van der Waals surface area contributed by atoms with E-state index in [2.05, 4.69) is 260 Å². The van der Waals surface area contributed by atoms with Crippen LogP contribution in [0.15, 0.2) is 255 Å². The molecule has 0 saturated carbocycles. The Morgan fingerprint density at radius 1 is 0.338 bits per heavy atom. The van der Waals surface area contributed by atoms with E-state index in [9.17, 15) is 0 Å². The predicted molar refractivity (Wildman–Crippen MR) is 302 cm³/mol. The summed E-state index contributed by atoms with van der Waals surface area (Å²) in [5, 5.41) is 13.7. The van der Waals surface area contributed by atoms with Crippen molar-refractivity contribution in [3.63, 3.8) is 0 Å². The number of nitrogens with zero attached hydrogens (tertiary/aromatic N) is 2. The summed E-state index contributed by atoms with van der Waals surface area (Å²) >= 11 is 1.88. The van der Waals surface area contributed by atoms with E-state index in [1.807, 2.05) is 11.3 Å². The summed E-state index contributed by atoms with van der Waals surface area (Å²) < 4.78 is 2.61. The molecule has 12 aromatic carbocycles. The molecule has 0 fully saturated rings. The average Bonchev–Trinajstić information content (AvgIpc) is 3.98. The Labute approximate surface area is 415 Å². The van der Waals surface area contributed by atoms with Gasteiger partial charge in [-0.3, -0.25) is 0 Å². The molecule has 2 nitrogen and oxygen atoms in total. The van der Waals surface area contributed by atoms with Crippen molar-refractivity contribution in [1.82, 2.24) is 4.98 Å². The van der Waals surface area contributed by atoms with Crippen LogP contribution in [0, 0.1) is 0 Å². The number of hydrogen-bond donors (Lipinski definition) is 0. The second-order valence-corrected chi connectivity index (χ2v) is 20.0. The third-order valence-electron chi connectivity index (χ3n) is 15.3. The highest BCUT2D eigenvalue weighted by Gasteiger charge is 2.46. The van der Waals surface area contributed by atoms with Crippen molar-refractivity contribution in [3.05, 3.63) is 277 Å². The summed E-state index contributed by atoms with van der Waals surface area (Å²) in [6.07, 6.45) is 0. The second-order valence-electron chi connectivity index (χ2n) is 18.9. The maximum atomic E-state index is 5.44. The first-order valence-corrected chi connectivity index (χ1v) is 25.3.